The van der Waals surface area contributed by atoms with E-state index in [0.717, 1.165) is 16.6 Å². The molecular weight excluding hydrogens is 402 g/mol. The van der Waals surface area contributed by atoms with Crippen LogP contribution in [0.2, 0.25) is 10.0 Å². The molecule has 0 aromatic heterocycles. The van der Waals surface area contributed by atoms with Gasteiger partial charge in [0.05, 0.1) is 11.9 Å². The molecule has 0 heterocycles. The third-order valence-corrected chi connectivity index (χ3v) is 5.15. The Morgan fingerprint density at radius 2 is 1.77 bits per heavy atom. The van der Waals surface area contributed by atoms with Crippen molar-refractivity contribution >= 4 is 50.5 Å². The molecule has 0 aliphatic carbocycles. The maximum atomic E-state index is 14.2. The number of amides is 1. The summed E-state index contributed by atoms with van der Waals surface area (Å²) in [7, 11) is -3.93. The first-order valence-corrected chi connectivity index (χ1v) is 10.2. The number of carbonyl (C=O) groups is 1. The molecule has 5 nitrogen and oxygen atoms in total. The molecule has 0 aliphatic heterocycles. The van der Waals surface area contributed by atoms with Crippen molar-refractivity contribution in [3.8, 4) is 0 Å². The summed E-state index contributed by atoms with van der Waals surface area (Å²) in [5.41, 5.74) is 0.120. The van der Waals surface area contributed by atoms with Gasteiger partial charge in [-0.3, -0.25) is 9.10 Å². The highest BCUT2D eigenvalue weighted by Gasteiger charge is 2.33. The molecule has 0 spiro atoms. The predicted octanol–water partition coefficient (Wildman–Crippen LogP) is 4.32. The fraction of sp³-hybridized carbons (Fsp3) is 0.235. The SMILES string of the molecule is CC[C@@H](C(=O)Nc1cc(Cl)cc(Cl)c1)N(c1ccccc1F)S(C)(=O)=O. The van der Waals surface area contributed by atoms with Gasteiger partial charge in [0.2, 0.25) is 15.9 Å². The fourth-order valence-corrected chi connectivity index (χ4v) is 4.26. The number of nitrogens with one attached hydrogen (secondary N) is 1. The van der Waals surface area contributed by atoms with Crippen LogP contribution in [0, 0.1) is 5.82 Å². The summed E-state index contributed by atoms with van der Waals surface area (Å²) in [6.45, 7) is 1.63. The summed E-state index contributed by atoms with van der Waals surface area (Å²) in [4.78, 5) is 12.7. The van der Waals surface area contributed by atoms with Gasteiger partial charge >= 0.3 is 0 Å². The minimum absolute atomic E-state index is 0.127. The van der Waals surface area contributed by atoms with E-state index in [1.807, 2.05) is 0 Å². The maximum Gasteiger partial charge on any atom is 0.248 e. The molecule has 1 amide bonds. The smallest absolute Gasteiger partial charge is 0.248 e. The summed E-state index contributed by atoms with van der Waals surface area (Å²) < 4.78 is 39.5. The van der Waals surface area contributed by atoms with Crippen LogP contribution in [0.4, 0.5) is 15.8 Å². The topological polar surface area (TPSA) is 66.5 Å². The van der Waals surface area contributed by atoms with Gasteiger partial charge in [-0.25, -0.2) is 12.8 Å². The molecule has 2 aromatic carbocycles. The van der Waals surface area contributed by atoms with Gasteiger partial charge < -0.3 is 5.32 Å². The molecular formula is C17H17Cl2FN2O3S. The van der Waals surface area contributed by atoms with Crippen molar-refractivity contribution in [1.82, 2.24) is 0 Å². The Balaban J connectivity index is 2.42. The average Bonchev–Trinajstić information content (AvgIpc) is 2.51. The van der Waals surface area contributed by atoms with Gasteiger partial charge in [0, 0.05) is 15.7 Å². The lowest BCUT2D eigenvalue weighted by Gasteiger charge is -2.30. The highest BCUT2D eigenvalue weighted by molar-refractivity contribution is 7.92. The normalized spacial score (nSPS) is 12.5. The maximum absolute atomic E-state index is 14.2. The first kappa shape index (κ1) is 20.5. The average molecular weight is 419 g/mol. The van der Waals surface area contributed by atoms with Crippen molar-refractivity contribution in [1.29, 1.82) is 0 Å². The number of hydrogen-bond acceptors (Lipinski definition) is 3. The lowest BCUT2D eigenvalue weighted by Crippen LogP contribution is -2.47. The zero-order valence-corrected chi connectivity index (χ0v) is 16.4. The molecule has 140 valence electrons. The van der Waals surface area contributed by atoms with Crippen LogP contribution in [0.3, 0.4) is 0 Å². The molecule has 0 radical (unpaired) electrons. The number of nitrogens with zero attached hydrogens (tertiary/aromatic N) is 1. The Bertz CT molecular complexity index is 902. The lowest BCUT2D eigenvalue weighted by atomic mass is 10.1. The number of anilines is 2. The van der Waals surface area contributed by atoms with E-state index in [1.54, 1.807) is 6.92 Å². The van der Waals surface area contributed by atoms with Crippen molar-refractivity contribution in [2.45, 2.75) is 19.4 Å². The van der Waals surface area contributed by atoms with Gasteiger partial charge in [0.15, 0.2) is 0 Å². The standard InChI is InChI=1S/C17H17Cl2FN2O3S/c1-3-15(17(23)21-13-9-11(18)8-12(19)10-13)22(26(2,24)25)16-7-5-4-6-14(16)20/h4-10,15H,3H2,1-2H3,(H,21,23)/t15-/m0/s1. The van der Waals surface area contributed by atoms with Crippen LogP contribution in [-0.2, 0) is 14.8 Å². The number of rotatable bonds is 6. The Labute approximate surface area is 161 Å². The molecule has 0 bridgehead atoms. The molecule has 1 N–H and O–H groups in total. The van der Waals surface area contributed by atoms with Crippen molar-refractivity contribution in [2.75, 3.05) is 15.9 Å². The first-order chi connectivity index (χ1) is 12.1. The predicted molar refractivity (Wildman–Crippen MR) is 103 cm³/mol. The van der Waals surface area contributed by atoms with E-state index in [-0.39, 0.29) is 12.1 Å². The van der Waals surface area contributed by atoms with Crippen molar-refractivity contribution in [2.24, 2.45) is 0 Å². The number of hydrogen-bond donors (Lipinski definition) is 1. The molecule has 0 saturated carbocycles. The van der Waals surface area contributed by atoms with Crippen molar-refractivity contribution in [3.05, 3.63) is 58.3 Å². The third kappa shape index (κ3) is 4.87. The van der Waals surface area contributed by atoms with Gasteiger partial charge in [-0.15, -0.1) is 0 Å². The minimum atomic E-state index is -3.93. The second kappa shape index (κ2) is 8.24. The summed E-state index contributed by atoms with van der Waals surface area (Å²) >= 11 is 11.8. The number of sulfonamides is 1. The molecule has 0 fully saturated rings. The van der Waals surface area contributed by atoms with Crippen LogP contribution in [-0.4, -0.2) is 26.6 Å². The Hall–Kier alpha value is -1.83. The second-order valence-corrected chi connectivity index (χ2v) is 8.31. The Kier molecular flexibility index (Phi) is 6.49. The van der Waals surface area contributed by atoms with Gasteiger partial charge in [0.25, 0.3) is 0 Å². The lowest BCUT2D eigenvalue weighted by molar-refractivity contribution is -0.117. The van der Waals surface area contributed by atoms with Gasteiger partial charge in [-0.2, -0.15) is 0 Å². The van der Waals surface area contributed by atoms with Crippen molar-refractivity contribution < 1.29 is 17.6 Å². The van der Waals surface area contributed by atoms with Crippen LogP contribution >= 0.6 is 23.2 Å². The molecule has 0 aliphatic rings. The molecule has 1 atom stereocenters. The van der Waals surface area contributed by atoms with E-state index < -0.39 is 27.8 Å². The monoisotopic (exact) mass is 418 g/mol. The fourth-order valence-electron chi connectivity index (χ4n) is 2.52. The van der Waals surface area contributed by atoms with Gasteiger partial charge in [-0.1, -0.05) is 42.3 Å². The molecule has 0 unspecified atom stereocenters. The molecule has 26 heavy (non-hydrogen) atoms. The number of halogens is 3. The zero-order valence-electron chi connectivity index (χ0n) is 14.0. The Morgan fingerprint density at radius 3 is 2.27 bits per heavy atom. The van der Waals surface area contributed by atoms with Crippen LogP contribution in [0.15, 0.2) is 42.5 Å². The van der Waals surface area contributed by atoms with Crippen molar-refractivity contribution in [3.63, 3.8) is 0 Å². The molecule has 9 heteroatoms. The summed E-state index contributed by atoms with van der Waals surface area (Å²) in [5, 5.41) is 3.21. The van der Waals surface area contributed by atoms with E-state index in [9.17, 15) is 17.6 Å². The van der Waals surface area contributed by atoms with Gasteiger partial charge in [-0.05, 0) is 36.8 Å². The van der Waals surface area contributed by atoms with E-state index in [1.165, 1.54) is 36.4 Å². The zero-order chi connectivity index (χ0) is 19.5. The Morgan fingerprint density at radius 1 is 1.19 bits per heavy atom. The quantitative estimate of drug-likeness (QED) is 0.759. The highest BCUT2D eigenvalue weighted by atomic mass is 35.5. The van der Waals surface area contributed by atoms with E-state index in [2.05, 4.69) is 5.32 Å². The summed E-state index contributed by atoms with van der Waals surface area (Å²) in [6, 6.07) is 8.68. The van der Waals surface area contributed by atoms with Crippen LogP contribution < -0.4 is 9.62 Å². The summed E-state index contributed by atoms with van der Waals surface area (Å²) in [5.74, 6) is -1.37. The molecule has 2 aromatic rings. The first-order valence-electron chi connectivity index (χ1n) is 7.64. The number of carbonyl (C=O) groups excluding carboxylic acids is 1. The van der Waals surface area contributed by atoms with E-state index in [0.29, 0.717) is 15.7 Å². The van der Waals surface area contributed by atoms with Crippen LogP contribution in [0.25, 0.3) is 0 Å². The highest BCUT2D eigenvalue weighted by Crippen LogP contribution is 2.27. The van der Waals surface area contributed by atoms with E-state index in [4.69, 9.17) is 23.2 Å². The number of para-hydroxylation sites is 1. The van der Waals surface area contributed by atoms with Crippen LogP contribution in [0.5, 0.6) is 0 Å². The second-order valence-electron chi connectivity index (χ2n) is 5.58. The van der Waals surface area contributed by atoms with Gasteiger partial charge in [0.1, 0.15) is 11.9 Å². The molecule has 0 saturated heterocycles. The largest absolute Gasteiger partial charge is 0.324 e. The number of benzene rings is 2. The van der Waals surface area contributed by atoms with Crippen LogP contribution in [0.1, 0.15) is 13.3 Å². The molecule has 2 rings (SSSR count). The minimum Gasteiger partial charge on any atom is -0.324 e. The third-order valence-electron chi connectivity index (χ3n) is 3.55. The summed E-state index contributed by atoms with van der Waals surface area (Å²) in [6.07, 6.45) is 1.05. The van der Waals surface area contributed by atoms with E-state index >= 15 is 0 Å².